The van der Waals surface area contributed by atoms with Crippen LogP contribution >= 0.6 is 11.8 Å². The van der Waals surface area contributed by atoms with Crippen molar-refractivity contribution < 1.29 is 9.53 Å². The number of anilines is 1. The molecular formula is C16H26N4O2S. The number of amidine groups is 1. The number of hydrogen-bond acceptors (Lipinski definition) is 5. The van der Waals surface area contributed by atoms with Crippen LogP contribution in [0.5, 0.6) is 0 Å². The molecule has 0 saturated heterocycles. The second-order valence-corrected chi connectivity index (χ2v) is 7.26. The molecule has 1 aromatic rings. The first-order valence-corrected chi connectivity index (χ1v) is 8.50. The summed E-state index contributed by atoms with van der Waals surface area (Å²) in [6.45, 7) is 8.18. The molecule has 23 heavy (non-hydrogen) atoms. The number of nitrogens with two attached hydrogens (primary N) is 1. The van der Waals surface area contributed by atoms with E-state index in [-0.39, 0.29) is 0 Å². The largest absolute Gasteiger partial charge is 0.444 e. The lowest BCUT2D eigenvalue weighted by atomic mass is 10.1. The molecule has 0 bridgehead atoms. The number of benzene rings is 1. The summed E-state index contributed by atoms with van der Waals surface area (Å²) in [6, 6.07) is 5.72. The summed E-state index contributed by atoms with van der Waals surface area (Å²) in [4.78, 5) is 11.7. The van der Waals surface area contributed by atoms with Crippen molar-refractivity contribution >= 4 is 28.7 Å². The third-order valence-corrected chi connectivity index (χ3v) is 3.35. The lowest BCUT2D eigenvalue weighted by Gasteiger charge is -2.20. The highest BCUT2D eigenvalue weighted by Gasteiger charge is 2.15. The topological polar surface area (TPSA) is 100 Å². The van der Waals surface area contributed by atoms with Crippen molar-refractivity contribution in [3.8, 4) is 0 Å². The number of hydrogen-bond donors (Lipinski definition) is 4. The van der Waals surface area contributed by atoms with E-state index in [0.717, 1.165) is 22.6 Å². The van der Waals surface area contributed by atoms with E-state index in [2.05, 4.69) is 10.6 Å². The predicted molar refractivity (Wildman–Crippen MR) is 96.9 cm³/mol. The van der Waals surface area contributed by atoms with Gasteiger partial charge in [-0.3, -0.25) is 5.41 Å². The molecule has 0 heterocycles. The van der Waals surface area contributed by atoms with Gasteiger partial charge in [-0.1, -0.05) is 24.8 Å². The summed E-state index contributed by atoms with van der Waals surface area (Å²) in [5, 5.41) is 14.0. The van der Waals surface area contributed by atoms with Crippen molar-refractivity contribution in [1.29, 1.82) is 5.41 Å². The molecular weight excluding hydrogens is 312 g/mol. The molecule has 1 rings (SSSR count). The Bertz CT molecular complexity index is 556. The zero-order valence-corrected chi connectivity index (χ0v) is 15.0. The van der Waals surface area contributed by atoms with Gasteiger partial charge < -0.3 is 21.1 Å². The maximum absolute atomic E-state index is 11.7. The Kier molecular flexibility index (Phi) is 7.38. The van der Waals surface area contributed by atoms with Gasteiger partial charge in [-0.05, 0) is 49.8 Å². The molecule has 7 heteroatoms. The van der Waals surface area contributed by atoms with Crippen LogP contribution in [-0.2, 0) is 17.8 Å². The van der Waals surface area contributed by atoms with Gasteiger partial charge in [-0.15, -0.1) is 0 Å². The Balaban J connectivity index is 2.74. The zero-order chi connectivity index (χ0) is 17.5. The van der Waals surface area contributed by atoms with E-state index < -0.39 is 11.7 Å². The van der Waals surface area contributed by atoms with Crippen molar-refractivity contribution in [3.63, 3.8) is 0 Å². The number of alkyl carbamates (subject to hydrolysis) is 1. The molecule has 0 aliphatic rings. The van der Waals surface area contributed by atoms with Gasteiger partial charge in [0.1, 0.15) is 5.60 Å². The Morgan fingerprint density at radius 2 is 1.96 bits per heavy atom. The Labute approximate surface area is 142 Å². The lowest BCUT2D eigenvalue weighted by Crippen LogP contribution is -2.32. The van der Waals surface area contributed by atoms with Gasteiger partial charge in [0.25, 0.3) is 0 Å². The summed E-state index contributed by atoms with van der Waals surface area (Å²) in [5.41, 5.74) is 7.82. The quantitative estimate of drug-likeness (QED) is 0.488. The van der Waals surface area contributed by atoms with Crippen molar-refractivity contribution in [2.24, 2.45) is 5.73 Å². The second kappa shape index (κ2) is 8.79. The molecule has 0 aliphatic heterocycles. The predicted octanol–water partition coefficient (Wildman–Crippen LogP) is 3.27. The molecule has 128 valence electrons. The number of carbonyl (C=O) groups is 1. The number of rotatable bonds is 5. The average Bonchev–Trinajstić information content (AvgIpc) is 2.43. The lowest BCUT2D eigenvalue weighted by molar-refractivity contribution is 0.0523. The fraction of sp³-hybridized carbons (Fsp3) is 0.500. The molecule has 5 N–H and O–H groups in total. The van der Waals surface area contributed by atoms with Crippen molar-refractivity contribution in [2.75, 3.05) is 11.1 Å². The monoisotopic (exact) mass is 338 g/mol. The van der Waals surface area contributed by atoms with E-state index in [0.29, 0.717) is 18.3 Å². The Morgan fingerprint density at radius 3 is 2.52 bits per heavy atom. The van der Waals surface area contributed by atoms with Crippen LogP contribution in [0, 0.1) is 5.41 Å². The van der Waals surface area contributed by atoms with E-state index in [4.69, 9.17) is 15.9 Å². The van der Waals surface area contributed by atoms with Crippen molar-refractivity contribution in [3.05, 3.63) is 29.3 Å². The van der Waals surface area contributed by atoms with Crippen LogP contribution in [0.3, 0.4) is 0 Å². The molecule has 0 radical (unpaired) electrons. The minimum absolute atomic E-state index is 0.339. The first kappa shape index (κ1) is 19.3. The zero-order valence-electron chi connectivity index (χ0n) is 14.2. The van der Waals surface area contributed by atoms with Crippen LogP contribution in [0.25, 0.3) is 0 Å². The minimum Gasteiger partial charge on any atom is -0.444 e. The first-order valence-electron chi connectivity index (χ1n) is 7.51. The molecule has 0 unspecified atom stereocenters. The van der Waals surface area contributed by atoms with Crippen LogP contribution in [0.15, 0.2) is 18.2 Å². The minimum atomic E-state index is -0.525. The molecule has 1 amide bonds. The van der Waals surface area contributed by atoms with Crippen LogP contribution < -0.4 is 16.4 Å². The number of nitrogens with one attached hydrogen (secondary N) is 3. The van der Waals surface area contributed by atoms with Crippen molar-refractivity contribution in [1.82, 2.24) is 5.32 Å². The molecule has 0 atom stereocenters. The second-order valence-electron chi connectivity index (χ2n) is 5.98. The molecule has 0 spiro atoms. The van der Waals surface area contributed by atoms with Gasteiger partial charge in [0, 0.05) is 18.8 Å². The summed E-state index contributed by atoms with van der Waals surface area (Å²) in [6.07, 6.45) is -0.459. The highest BCUT2D eigenvalue weighted by molar-refractivity contribution is 8.14. The van der Waals surface area contributed by atoms with Crippen molar-refractivity contribution in [2.45, 2.75) is 46.4 Å². The maximum Gasteiger partial charge on any atom is 0.407 e. The van der Waals surface area contributed by atoms with E-state index in [1.807, 2.05) is 45.9 Å². The summed E-state index contributed by atoms with van der Waals surface area (Å²) >= 11 is 1.42. The SMILES string of the molecule is CCSC(=N)Nc1cc(CN)cc(CNC(=O)OC(C)(C)C)c1. The molecule has 1 aromatic carbocycles. The van der Waals surface area contributed by atoms with E-state index in [1.54, 1.807) is 0 Å². The van der Waals surface area contributed by atoms with Gasteiger partial charge in [-0.25, -0.2) is 4.79 Å². The molecule has 0 saturated carbocycles. The first-order chi connectivity index (χ1) is 10.7. The fourth-order valence-corrected chi connectivity index (χ4v) is 2.33. The van der Waals surface area contributed by atoms with E-state index in [9.17, 15) is 4.79 Å². The summed E-state index contributed by atoms with van der Waals surface area (Å²) in [7, 11) is 0. The summed E-state index contributed by atoms with van der Waals surface area (Å²) < 4.78 is 5.21. The molecule has 0 aliphatic carbocycles. The van der Waals surface area contributed by atoms with Gasteiger partial charge in [0.15, 0.2) is 5.17 Å². The molecule has 6 nitrogen and oxygen atoms in total. The number of amides is 1. The highest BCUT2D eigenvalue weighted by atomic mass is 32.2. The Hall–Kier alpha value is -1.73. The van der Waals surface area contributed by atoms with Gasteiger partial charge in [0.2, 0.25) is 0 Å². The normalized spacial score (nSPS) is 11.0. The highest BCUT2D eigenvalue weighted by Crippen LogP contribution is 2.17. The van der Waals surface area contributed by atoms with Gasteiger partial charge in [0.05, 0.1) is 0 Å². The molecule has 0 fully saturated rings. The average molecular weight is 338 g/mol. The number of carbonyl (C=O) groups excluding carboxylic acids is 1. The third kappa shape index (κ3) is 7.90. The number of thioether (sulfide) groups is 1. The van der Waals surface area contributed by atoms with Crippen LogP contribution in [0.2, 0.25) is 0 Å². The fourth-order valence-electron chi connectivity index (χ4n) is 1.85. The van der Waals surface area contributed by atoms with Gasteiger partial charge in [-0.2, -0.15) is 0 Å². The number of ether oxygens (including phenoxy) is 1. The smallest absolute Gasteiger partial charge is 0.407 e. The van der Waals surface area contributed by atoms with Gasteiger partial charge >= 0.3 is 6.09 Å². The maximum atomic E-state index is 11.7. The Morgan fingerprint density at radius 1 is 1.30 bits per heavy atom. The third-order valence-electron chi connectivity index (χ3n) is 2.67. The molecule has 0 aromatic heterocycles. The van der Waals surface area contributed by atoms with Crippen LogP contribution in [-0.4, -0.2) is 22.6 Å². The van der Waals surface area contributed by atoms with E-state index >= 15 is 0 Å². The van der Waals surface area contributed by atoms with Crippen LogP contribution in [0.1, 0.15) is 38.8 Å². The van der Waals surface area contributed by atoms with Crippen LogP contribution in [0.4, 0.5) is 10.5 Å². The summed E-state index contributed by atoms with van der Waals surface area (Å²) in [5.74, 6) is 0.829. The standard InChI is InChI=1S/C16H26N4O2S/c1-5-23-14(18)20-13-7-11(9-17)6-12(8-13)10-19-15(21)22-16(2,3)4/h6-8H,5,9-10,17H2,1-4H3,(H2,18,20)(H,19,21). The van der Waals surface area contributed by atoms with E-state index in [1.165, 1.54) is 11.8 Å².